The van der Waals surface area contributed by atoms with Crippen molar-refractivity contribution in [2.75, 3.05) is 0 Å². The van der Waals surface area contributed by atoms with Gasteiger partial charge >= 0.3 is 0 Å². The van der Waals surface area contributed by atoms with Gasteiger partial charge in [-0.1, -0.05) is 146 Å². The summed E-state index contributed by atoms with van der Waals surface area (Å²) in [6.45, 7) is 0. The lowest BCUT2D eigenvalue weighted by atomic mass is 9.93. The monoisotopic (exact) mass is 603 g/mol. The van der Waals surface area contributed by atoms with Gasteiger partial charge in [0.1, 0.15) is 22.8 Å². The Morgan fingerprint density at radius 1 is 0.447 bits per heavy atom. The number of amidine groups is 2. The van der Waals surface area contributed by atoms with Gasteiger partial charge in [-0.05, 0) is 56.8 Å². The van der Waals surface area contributed by atoms with E-state index in [-0.39, 0.29) is 0 Å². The van der Waals surface area contributed by atoms with E-state index in [1.807, 2.05) is 36.4 Å². The topological polar surface area (TPSA) is 49.9 Å². The number of hydrogen-bond donors (Lipinski definition) is 1. The van der Waals surface area contributed by atoms with Crippen molar-refractivity contribution < 1.29 is 4.42 Å². The normalized spacial score (nSPS) is 14.6. The molecule has 0 saturated carbocycles. The quantitative estimate of drug-likeness (QED) is 0.213. The van der Waals surface area contributed by atoms with Gasteiger partial charge in [0, 0.05) is 21.9 Å². The van der Waals surface area contributed by atoms with Crippen molar-refractivity contribution in [1.82, 2.24) is 5.32 Å². The maximum absolute atomic E-state index is 6.37. The Bertz CT molecular complexity index is 2470. The number of furan rings is 1. The molecule has 1 aromatic heterocycles. The summed E-state index contributed by atoms with van der Waals surface area (Å²) in [7, 11) is 0. The summed E-state index contributed by atoms with van der Waals surface area (Å²) in [5.41, 5.74) is 9.26. The molecule has 1 aliphatic heterocycles. The first-order valence-corrected chi connectivity index (χ1v) is 15.9. The molecule has 0 spiro atoms. The highest BCUT2D eigenvalue weighted by Crippen LogP contribution is 2.39. The van der Waals surface area contributed by atoms with E-state index < -0.39 is 6.17 Å². The summed E-state index contributed by atoms with van der Waals surface area (Å²) in [4.78, 5) is 10.5. The number of hydrogen-bond acceptors (Lipinski definition) is 4. The Balaban J connectivity index is 1.23. The van der Waals surface area contributed by atoms with Crippen LogP contribution >= 0.6 is 0 Å². The Kier molecular flexibility index (Phi) is 6.50. The molecule has 2 heterocycles. The fourth-order valence-electron chi connectivity index (χ4n) is 6.70. The molecule has 0 amide bonds. The fraction of sp³-hybridized carbons (Fsp3) is 0.0233. The largest absolute Gasteiger partial charge is 0.456 e. The molecular formula is C43H29N3O. The molecule has 1 unspecified atom stereocenters. The van der Waals surface area contributed by atoms with Crippen LogP contribution in [0, 0.1) is 0 Å². The number of nitrogens with zero attached hydrogens (tertiary/aromatic N) is 2. The van der Waals surface area contributed by atoms with Crippen molar-refractivity contribution in [1.29, 1.82) is 0 Å². The van der Waals surface area contributed by atoms with Gasteiger partial charge in [0.2, 0.25) is 0 Å². The second-order valence-corrected chi connectivity index (χ2v) is 11.8. The number of nitrogens with one attached hydrogen (secondary N) is 1. The van der Waals surface area contributed by atoms with E-state index in [4.69, 9.17) is 14.4 Å². The molecule has 4 heteroatoms. The summed E-state index contributed by atoms with van der Waals surface area (Å²) in [5, 5.41) is 8.22. The molecule has 1 aliphatic rings. The van der Waals surface area contributed by atoms with E-state index >= 15 is 0 Å². The summed E-state index contributed by atoms with van der Waals surface area (Å²) in [6.07, 6.45) is -0.444. The lowest BCUT2D eigenvalue weighted by Gasteiger charge is -2.24. The van der Waals surface area contributed by atoms with Crippen molar-refractivity contribution in [3.05, 3.63) is 180 Å². The molecule has 7 aromatic carbocycles. The van der Waals surface area contributed by atoms with Crippen LogP contribution in [0.4, 0.5) is 0 Å². The predicted molar refractivity (Wildman–Crippen MR) is 194 cm³/mol. The van der Waals surface area contributed by atoms with Crippen LogP contribution in [-0.4, -0.2) is 11.7 Å². The van der Waals surface area contributed by atoms with Crippen LogP contribution < -0.4 is 5.32 Å². The summed E-state index contributed by atoms with van der Waals surface area (Å²) in [6, 6.07) is 56.9. The zero-order valence-electron chi connectivity index (χ0n) is 25.5. The Hall–Kier alpha value is -6.26. The second kappa shape index (κ2) is 11.3. The average molecular weight is 604 g/mol. The van der Waals surface area contributed by atoms with Gasteiger partial charge < -0.3 is 9.73 Å². The van der Waals surface area contributed by atoms with Gasteiger partial charge in [-0.2, -0.15) is 0 Å². The molecule has 0 aliphatic carbocycles. The average Bonchev–Trinajstić information content (AvgIpc) is 3.54. The number of rotatable bonds is 5. The van der Waals surface area contributed by atoms with E-state index in [9.17, 15) is 0 Å². The summed E-state index contributed by atoms with van der Waals surface area (Å²) >= 11 is 0. The van der Waals surface area contributed by atoms with Crippen LogP contribution in [0.15, 0.2) is 178 Å². The molecule has 1 N–H and O–H groups in total. The predicted octanol–water partition coefficient (Wildman–Crippen LogP) is 10.6. The van der Waals surface area contributed by atoms with Crippen LogP contribution in [-0.2, 0) is 0 Å². The molecule has 0 bridgehead atoms. The molecule has 4 nitrogen and oxygen atoms in total. The third kappa shape index (κ3) is 4.79. The third-order valence-electron chi connectivity index (χ3n) is 8.96. The SMILES string of the molecule is c1ccc(C2=NC(c3ccc(-c4cccc5ccccc45)cc3)N=C(c3c(-c4ccccc4)ccc4oc5ccccc5c34)N2)cc1. The molecule has 9 rings (SSSR count). The highest BCUT2D eigenvalue weighted by atomic mass is 16.3. The minimum Gasteiger partial charge on any atom is -0.456 e. The van der Waals surface area contributed by atoms with Crippen LogP contribution in [0.5, 0.6) is 0 Å². The number of para-hydroxylation sites is 1. The second-order valence-electron chi connectivity index (χ2n) is 11.8. The molecule has 222 valence electrons. The lowest BCUT2D eigenvalue weighted by molar-refractivity contribution is 0.669. The summed E-state index contributed by atoms with van der Waals surface area (Å²) < 4.78 is 6.37. The van der Waals surface area contributed by atoms with Gasteiger partial charge in [0.15, 0.2) is 6.17 Å². The molecule has 0 saturated heterocycles. The lowest BCUT2D eigenvalue weighted by Crippen LogP contribution is -2.36. The summed E-state index contributed by atoms with van der Waals surface area (Å²) in [5.74, 6) is 1.54. The van der Waals surface area contributed by atoms with Crippen molar-refractivity contribution in [3.8, 4) is 22.3 Å². The number of aliphatic imine (C=N–C) groups is 2. The fourth-order valence-corrected chi connectivity index (χ4v) is 6.70. The molecule has 8 aromatic rings. The van der Waals surface area contributed by atoms with E-state index in [1.54, 1.807) is 0 Å². The maximum atomic E-state index is 6.37. The van der Waals surface area contributed by atoms with Crippen LogP contribution in [0.25, 0.3) is 55.0 Å². The van der Waals surface area contributed by atoms with Gasteiger partial charge in [0.25, 0.3) is 0 Å². The van der Waals surface area contributed by atoms with Gasteiger partial charge in [0.05, 0.1) is 0 Å². The first-order chi connectivity index (χ1) is 23.3. The van der Waals surface area contributed by atoms with Crippen molar-refractivity contribution in [2.24, 2.45) is 9.98 Å². The first kappa shape index (κ1) is 27.1. The van der Waals surface area contributed by atoms with Crippen LogP contribution in [0.1, 0.15) is 22.9 Å². The molecule has 0 fully saturated rings. The van der Waals surface area contributed by atoms with Crippen LogP contribution in [0.2, 0.25) is 0 Å². The van der Waals surface area contributed by atoms with Crippen molar-refractivity contribution in [2.45, 2.75) is 6.17 Å². The van der Waals surface area contributed by atoms with E-state index in [0.717, 1.165) is 67.0 Å². The molecule has 47 heavy (non-hydrogen) atoms. The Labute approximate surface area is 272 Å². The number of fused-ring (bicyclic) bond motifs is 4. The van der Waals surface area contributed by atoms with E-state index in [0.29, 0.717) is 0 Å². The zero-order chi connectivity index (χ0) is 31.2. The van der Waals surface area contributed by atoms with Gasteiger partial charge in [-0.3, -0.25) is 0 Å². The van der Waals surface area contributed by atoms with Crippen LogP contribution in [0.3, 0.4) is 0 Å². The third-order valence-corrected chi connectivity index (χ3v) is 8.96. The molecular weight excluding hydrogens is 574 g/mol. The first-order valence-electron chi connectivity index (χ1n) is 15.9. The smallest absolute Gasteiger partial charge is 0.169 e. The molecule has 0 radical (unpaired) electrons. The minimum atomic E-state index is -0.444. The van der Waals surface area contributed by atoms with Gasteiger partial charge in [-0.15, -0.1) is 0 Å². The van der Waals surface area contributed by atoms with E-state index in [1.165, 1.54) is 16.3 Å². The highest BCUT2D eigenvalue weighted by Gasteiger charge is 2.26. The van der Waals surface area contributed by atoms with E-state index in [2.05, 4.69) is 133 Å². The Morgan fingerprint density at radius 3 is 1.89 bits per heavy atom. The Morgan fingerprint density at radius 2 is 1.09 bits per heavy atom. The highest BCUT2D eigenvalue weighted by molar-refractivity contribution is 6.26. The van der Waals surface area contributed by atoms with Gasteiger partial charge in [-0.25, -0.2) is 9.98 Å². The maximum Gasteiger partial charge on any atom is 0.169 e. The zero-order valence-corrected chi connectivity index (χ0v) is 25.5. The standard InChI is InChI=1S/C43H29N3O/c1-3-12-29(13-4-1)35-26-27-38-39(36-19-9-10-21-37(36)47-38)40(35)43-45-41(31-15-5-2-6-16-31)44-42(46-43)32-24-22-30(23-25-32)34-20-11-17-28-14-7-8-18-33(28)34/h1-27,42H,(H,44,45,46). The van der Waals surface area contributed by atoms with Crippen molar-refractivity contribution in [3.63, 3.8) is 0 Å². The van der Waals surface area contributed by atoms with Crippen molar-refractivity contribution >= 4 is 44.4 Å². The molecule has 1 atom stereocenters. The minimum absolute atomic E-state index is 0.444. The number of benzene rings is 7.